The molecule has 3 heterocycles. The summed E-state index contributed by atoms with van der Waals surface area (Å²) in [6.07, 6.45) is 2.49. The number of piperazine rings is 1. The fraction of sp³-hybridized carbons (Fsp3) is 0.565. The molecule has 7 atom stereocenters. The second-order valence-electron chi connectivity index (χ2n) is 9.28. The van der Waals surface area contributed by atoms with Gasteiger partial charge in [0.25, 0.3) is 0 Å². The first-order chi connectivity index (χ1) is 14.9. The fourth-order valence-corrected chi connectivity index (χ4v) is 5.80. The van der Waals surface area contributed by atoms with Gasteiger partial charge in [-0.25, -0.2) is 4.85 Å². The van der Waals surface area contributed by atoms with Gasteiger partial charge in [-0.2, -0.15) is 5.26 Å². The van der Waals surface area contributed by atoms with Crippen molar-refractivity contribution in [3.05, 3.63) is 41.2 Å². The van der Waals surface area contributed by atoms with Crippen LogP contribution in [0, 0.1) is 23.8 Å². The first-order valence-corrected chi connectivity index (χ1v) is 10.9. The minimum atomic E-state index is -0.714. The molecule has 1 aromatic carbocycles. The van der Waals surface area contributed by atoms with Crippen molar-refractivity contribution in [3.63, 3.8) is 0 Å². The van der Waals surface area contributed by atoms with Gasteiger partial charge < -0.3 is 15.5 Å². The molecule has 31 heavy (non-hydrogen) atoms. The molecule has 2 N–H and O–H groups in total. The molecule has 0 aromatic heterocycles. The van der Waals surface area contributed by atoms with Crippen LogP contribution in [0.25, 0.3) is 4.85 Å². The number of piperidine rings is 1. The summed E-state index contributed by atoms with van der Waals surface area (Å²) in [6.45, 7) is 10.2. The molecular formula is C23H26N6O2. The highest BCUT2D eigenvalue weighted by Crippen LogP contribution is 2.48. The Hall–Kier alpha value is -2.94. The van der Waals surface area contributed by atoms with E-state index in [-0.39, 0.29) is 42.0 Å². The van der Waals surface area contributed by atoms with E-state index in [1.54, 1.807) is 17.0 Å². The van der Waals surface area contributed by atoms with Crippen LogP contribution in [0.5, 0.6) is 0 Å². The number of benzene rings is 1. The SMILES string of the molecule is [C-]#[N+]c1ccc([C@@H](C)N2C(=O)[C@H]3C[C@@H]2CN3C[C@H](N)C(=O)N2[C@H](C#N)CC3C[C@@H]32)cc1. The first-order valence-electron chi connectivity index (χ1n) is 10.9. The van der Waals surface area contributed by atoms with Crippen molar-refractivity contribution in [3.8, 4) is 6.07 Å². The Morgan fingerprint density at radius 2 is 2.06 bits per heavy atom. The Morgan fingerprint density at radius 1 is 1.32 bits per heavy atom. The quantitative estimate of drug-likeness (QED) is 0.730. The molecule has 160 valence electrons. The van der Waals surface area contributed by atoms with Gasteiger partial charge in [-0.1, -0.05) is 24.3 Å². The maximum atomic E-state index is 13.1. The molecule has 1 saturated carbocycles. The number of likely N-dealkylation sites (tertiary alicyclic amines) is 3. The summed E-state index contributed by atoms with van der Waals surface area (Å²) in [5.74, 6) is 0.386. The van der Waals surface area contributed by atoms with Gasteiger partial charge in [0.15, 0.2) is 5.69 Å². The van der Waals surface area contributed by atoms with Crippen molar-refractivity contribution < 1.29 is 9.59 Å². The predicted molar refractivity (Wildman–Crippen MR) is 112 cm³/mol. The monoisotopic (exact) mass is 418 g/mol. The number of carbonyl (C=O) groups excluding carboxylic acids is 2. The summed E-state index contributed by atoms with van der Waals surface area (Å²) in [5.41, 5.74) is 7.88. The lowest BCUT2D eigenvalue weighted by Gasteiger charge is -2.38. The molecule has 2 amide bonds. The average Bonchev–Trinajstić information content (AvgIpc) is 3.11. The van der Waals surface area contributed by atoms with Crippen molar-refractivity contribution >= 4 is 17.5 Å². The van der Waals surface area contributed by atoms with Crippen LogP contribution in [0.1, 0.15) is 37.8 Å². The van der Waals surface area contributed by atoms with E-state index in [1.165, 1.54) is 0 Å². The summed E-state index contributed by atoms with van der Waals surface area (Å²) in [4.78, 5) is 35.2. The lowest BCUT2D eigenvalue weighted by molar-refractivity contribution is -0.141. The van der Waals surface area contributed by atoms with E-state index in [0.717, 1.165) is 24.8 Å². The van der Waals surface area contributed by atoms with Crippen LogP contribution in [-0.4, -0.2) is 69.8 Å². The number of nitriles is 1. The van der Waals surface area contributed by atoms with Crippen molar-refractivity contribution in [1.29, 1.82) is 5.26 Å². The molecule has 1 aromatic rings. The normalized spacial score (nSPS) is 33.0. The van der Waals surface area contributed by atoms with Gasteiger partial charge in [-0.15, -0.1) is 0 Å². The molecule has 1 unspecified atom stereocenters. The molecule has 5 rings (SSSR count). The van der Waals surface area contributed by atoms with Gasteiger partial charge >= 0.3 is 0 Å². The van der Waals surface area contributed by atoms with Crippen molar-refractivity contribution in [2.24, 2.45) is 11.7 Å². The standard InChI is InChI=1S/C23H26N6O2/c1-13(14-3-5-16(26-2)6-4-14)28-18-9-21(23(28)31)27(11-18)12-19(25)22(30)29-17(10-24)7-15-8-20(15)29/h3-6,13,15,17-21H,7-9,11-12,25H2,1H3/t13-,15?,17+,18-,19+,20+,21-/m1/s1. The zero-order valence-corrected chi connectivity index (χ0v) is 17.5. The van der Waals surface area contributed by atoms with E-state index in [4.69, 9.17) is 12.3 Å². The van der Waals surface area contributed by atoms with Crippen LogP contribution in [0.15, 0.2) is 24.3 Å². The van der Waals surface area contributed by atoms with Crippen molar-refractivity contribution in [2.45, 2.75) is 62.4 Å². The Labute approximate surface area is 182 Å². The smallest absolute Gasteiger partial charge is 0.242 e. The highest BCUT2D eigenvalue weighted by molar-refractivity contribution is 5.87. The molecule has 1 aliphatic carbocycles. The second kappa shape index (κ2) is 7.33. The van der Waals surface area contributed by atoms with E-state index in [1.807, 2.05) is 28.9 Å². The van der Waals surface area contributed by atoms with Gasteiger partial charge in [0.1, 0.15) is 6.04 Å². The van der Waals surface area contributed by atoms with Crippen molar-refractivity contribution in [2.75, 3.05) is 13.1 Å². The minimum absolute atomic E-state index is 0.0625. The van der Waals surface area contributed by atoms with Gasteiger partial charge in [-0.3, -0.25) is 14.5 Å². The Kier molecular flexibility index (Phi) is 4.73. The van der Waals surface area contributed by atoms with Gasteiger partial charge in [-0.05, 0) is 37.7 Å². The Balaban J connectivity index is 1.23. The molecule has 8 nitrogen and oxygen atoms in total. The lowest BCUT2D eigenvalue weighted by Crippen LogP contribution is -2.57. The molecule has 4 fully saturated rings. The molecule has 3 aliphatic heterocycles. The van der Waals surface area contributed by atoms with Crippen LogP contribution < -0.4 is 5.73 Å². The Morgan fingerprint density at radius 3 is 2.71 bits per heavy atom. The lowest BCUT2D eigenvalue weighted by atomic mass is 10.0. The largest absolute Gasteiger partial charge is 0.330 e. The molecular weight excluding hydrogens is 392 g/mol. The zero-order chi connectivity index (χ0) is 21.9. The number of rotatable bonds is 5. The Bertz CT molecular complexity index is 995. The van der Waals surface area contributed by atoms with Gasteiger partial charge in [0.05, 0.1) is 30.8 Å². The molecule has 0 spiro atoms. The maximum absolute atomic E-state index is 13.1. The minimum Gasteiger partial charge on any atom is -0.330 e. The highest BCUT2D eigenvalue weighted by atomic mass is 16.2. The number of amides is 2. The third-order valence-corrected chi connectivity index (χ3v) is 7.49. The number of hydrogen-bond acceptors (Lipinski definition) is 5. The van der Waals surface area contributed by atoms with Crippen LogP contribution in [-0.2, 0) is 9.59 Å². The second-order valence-corrected chi connectivity index (χ2v) is 9.28. The number of carbonyl (C=O) groups is 2. The molecule has 3 saturated heterocycles. The summed E-state index contributed by atoms with van der Waals surface area (Å²) < 4.78 is 0. The maximum Gasteiger partial charge on any atom is 0.242 e. The fourth-order valence-electron chi connectivity index (χ4n) is 5.80. The highest BCUT2D eigenvalue weighted by Gasteiger charge is 2.56. The third kappa shape index (κ3) is 3.18. The number of fused-ring (bicyclic) bond motifs is 3. The topological polar surface area (TPSA) is 98.0 Å². The van der Waals surface area contributed by atoms with E-state index in [0.29, 0.717) is 24.7 Å². The first kappa shape index (κ1) is 20.0. The number of nitrogens with zero attached hydrogens (tertiary/aromatic N) is 5. The molecule has 4 aliphatic rings. The van der Waals surface area contributed by atoms with Gasteiger partial charge in [0.2, 0.25) is 11.8 Å². The summed E-state index contributed by atoms with van der Waals surface area (Å²) >= 11 is 0. The van der Waals surface area contributed by atoms with Crippen LogP contribution in [0.4, 0.5) is 5.69 Å². The molecule has 0 radical (unpaired) electrons. The number of hydrogen-bond donors (Lipinski definition) is 1. The van der Waals surface area contributed by atoms with Crippen LogP contribution in [0.3, 0.4) is 0 Å². The molecule has 8 heteroatoms. The summed E-state index contributed by atoms with van der Waals surface area (Å²) in [6, 6.07) is 8.54. The van der Waals surface area contributed by atoms with Crippen LogP contribution >= 0.6 is 0 Å². The van der Waals surface area contributed by atoms with E-state index < -0.39 is 6.04 Å². The van der Waals surface area contributed by atoms with E-state index in [2.05, 4.69) is 10.9 Å². The van der Waals surface area contributed by atoms with Crippen molar-refractivity contribution in [1.82, 2.24) is 14.7 Å². The zero-order valence-electron chi connectivity index (χ0n) is 17.5. The van der Waals surface area contributed by atoms with E-state index in [9.17, 15) is 14.9 Å². The summed E-state index contributed by atoms with van der Waals surface area (Å²) in [7, 11) is 0. The third-order valence-electron chi connectivity index (χ3n) is 7.49. The predicted octanol–water partition coefficient (Wildman–Crippen LogP) is 1.42. The van der Waals surface area contributed by atoms with E-state index >= 15 is 0 Å². The number of nitrogens with two attached hydrogens (primary N) is 1. The van der Waals surface area contributed by atoms with Crippen LogP contribution in [0.2, 0.25) is 0 Å². The summed E-state index contributed by atoms with van der Waals surface area (Å²) in [5, 5.41) is 9.35. The average molecular weight is 419 g/mol. The molecule has 2 bridgehead atoms. The van der Waals surface area contributed by atoms with Gasteiger partial charge in [0, 0.05) is 25.2 Å².